The van der Waals surface area contributed by atoms with Crippen LogP contribution in [0, 0.1) is 6.92 Å². The van der Waals surface area contributed by atoms with Crippen LogP contribution in [-0.2, 0) is 17.6 Å². The number of oxazole rings is 1. The molecule has 0 aliphatic heterocycles. The molecule has 0 fully saturated rings. The maximum absolute atomic E-state index is 12.5. The second-order valence-corrected chi connectivity index (χ2v) is 6.55. The molecule has 0 spiro atoms. The zero-order valence-electron chi connectivity index (χ0n) is 14.9. The van der Waals surface area contributed by atoms with Crippen molar-refractivity contribution in [2.24, 2.45) is 0 Å². The highest BCUT2D eigenvalue weighted by atomic mass is 35.5. The van der Waals surface area contributed by atoms with Crippen LogP contribution in [0.5, 0.6) is 0 Å². The standard InChI is InChI=1S/C21H21ClN2O2/c1-3-8-18-19(26-21(24-18)15-9-5-4-6-10-15)13-20(25)23-17-12-7-11-16(22)14(17)2/h4-7,9-12H,3,8,13H2,1-2H3,(H,23,25). The molecule has 3 aromatic rings. The number of aryl methyl sites for hydroxylation is 1. The summed E-state index contributed by atoms with van der Waals surface area (Å²) in [6.45, 7) is 3.96. The summed E-state index contributed by atoms with van der Waals surface area (Å²) < 4.78 is 5.92. The van der Waals surface area contributed by atoms with E-state index in [1.54, 1.807) is 6.07 Å². The van der Waals surface area contributed by atoms with Gasteiger partial charge in [-0.25, -0.2) is 4.98 Å². The van der Waals surface area contributed by atoms with Gasteiger partial charge in [0.2, 0.25) is 11.8 Å². The molecule has 2 aromatic carbocycles. The number of carbonyl (C=O) groups is 1. The summed E-state index contributed by atoms with van der Waals surface area (Å²) >= 11 is 6.12. The first-order valence-electron chi connectivity index (χ1n) is 8.67. The quantitative estimate of drug-likeness (QED) is 0.630. The lowest BCUT2D eigenvalue weighted by atomic mass is 10.1. The third kappa shape index (κ3) is 4.14. The number of hydrogen-bond donors (Lipinski definition) is 1. The van der Waals surface area contributed by atoms with E-state index < -0.39 is 0 Å². The molecule has 0 saturated carbocycles. The lowest BCUT2D eigenvalue weighted by molar-refractivity contribution is -0.115. The highest BCUT2D eigenvalue weighted by molar-refractivity contribution is 6.31. The number of hydrogen-bond acceptors (Lipinski definition) is 3. The number of rotatable bonds is 6. The molecule has 1 N–H and O–H groups in total. The molecule has 0 unspecified atom stereocenters. The monoisotopic (exact) mass is 368 g/mol. The molecule has 1 amide bonds. The second-order valence-electron chi connectivity index (χ2n) is 6.14. The Labute approximate surface area is 158 Å². The highest BCUT2D eigenvalue weighted by Crippen LogP contribution is 2.25. The summed E-state index contributed by atoms with van der Waals surface area (Å²) in [5.74, 6) is 1.02. The first-order valence-corrected chi connectivity index (χ1v) is 9.05. The van der Waals surface area contributed by atoms with Crippen LogP contribution in [0.3, 0.4) is 0 Å². The molecule has 0 aliphatic carbocycles. The van der Waals surface area contributed by atoms with Gasteiger partial charge in [0.25, 0.3) is 0 Å². The fraction of sp³-hybridized carbons (Fsp3) is 0.238. The summed E-state index contributed by atoms with van der Waals surface area (Å²) in [5, 5.41) is 3.53. The third-order valence-electron chi connectivity index (χ3n) is 4.15. The minimum Gasteiger partial charge on any atom is -0.440 e. The third-order valence-corrected chi connectivity index (χ3v) is 4.56. The van der Waals surface area contributed by atoms with E-state index >= 15 is 0 Å². The van der Waals surface area contributed by atoms with E-state index in [4.69, 9.17) is 16.0 Å². The van der Waals surface area contributed by atoms with Crippen molar-refractivity contribution >= 4 is 23.2 Å². The van der Waals surface area contributed by atoms with Gasteiger partial charge in [-0.05, 0) is 43.2 Å². The van der Waals surface area contributed by atoms with Crippen molar-refractivity contribution in [2.45, 2.75) is 33.1 Å². The molecule has 0 aliphatic rings. The Morgan fingerprint density at radius 1 is 1.15 bits per heavy atom. The van der Waals surface area contributed by atoms with Gasteiger partial charge in [0.1, 0.15) is 5.76 Å². The molecule has 1 aromatic heterocycles. The molecular weight excluding hydrogens is 348 g/mol. The van der Waals surface area contributed by atoms with E-state index in [1.165, 1.54) is 0 Å². The topological polar surface area (TPSA) is 55.1 Å². The van der Waals surface area contributed by atoms with Gasteiger partial charge < -0.3 is 9.73 Å². The summed E-state index contributed by atoms with van der Waals surface area (Å²) in [4.78, 5) is 17.1. The number of nitrogens with zero attached hydrogens (tertiary/aromatic N) is 1. The number of nitrogens with one attached hydrogen (secondary N) is 1. The van der Waals surface area contributed by atoms with Gasteiger partial charge in [0.05, 0.1) is 12.1 Å². The molecule has 5 heteroatoms. The van der Waals surface area contributed by atoms with E-state index in [2.05, 4.69) is 17.2 Å². The van der Waals surface area contributed by atoms with E-state index in [1.807, 2.05) is 49.4 Å². The van der Waals surface area contributed by atoms with Gasteiger partial charge in [-0.1, -0.05) is 49.2 Å². The molecule has 26 heavy (non-hydrogen) atoms. The van der Waals surface area contributed by atoms with Crippen LogP contribution in [0.25, 0.3) is 11.5 Å². The molecule has 3 rings (SSSR count). The Bertz CT molecular complexity index is 904. The van der Waals surface area contributed by atoms with Crippen LogP contribution in [0.1, 0.15) is 30.4 Å². The van der Waals surface area contributed by atoms with Crippen LogP contribution in [0.15, 0.2) is 52.9 Å². The van der Waals surface area contributed by atoms with Gasteiger partial charge in [0.15, 0.2) is 0 Å². The molecular formula is C21H21ClN2O2. The maximum Gasteiger partial charge on any atom is 0.232 e. The predicted molar refractivity (Wildman–Crippen MR) is 104 cm³/mol. The van der Waals surface area contributed by atoms with Crippen molar-refractivity contribution < 1.29 is 9.21 Å². The summed E-state index contributed by atoms with van der Waals surface area (Å²) in [5.41, 5.74) is 3.30. The van der Waals surface area contributed by atoms with Crippen molar-refractivity contribution in [2.75, 3.05) is 5.32 Å². The van der Waals surface area contributed by atoms with Gasteiger partial charge in [-0.3, -0.25) is 4.79 Å². The van der Waals surface area contributed by atoms with Crippen molar-refractivity contribution in [3.05, 3.63) is 70.6 Å². The molecule has 0 atom stereocenters. The zero-order valence-corrected chi connectivity index (χ0v) is 15.6. The van der Waals surface area contributed by atoms with E-state index in [0.717, 1.165) is 29.7 Å². The maximum atomic E-state index is 12.5. The average molecular weight is 369 g/mol. The molecule has 0 bridgehead atoms. The smallest absolute Gasteiger partial charge is 0.232 e. The molecule has 1 heterocycles. The van der Waals surface area contributed by atoms with E-state index in [9.17, 15) is 4.79 Å². The van der Waals surface area contributed by atoms with E-state index in [0.29, 0.717) is 22.4 Å². The summed E-state index contributed by atoms with van der Waals surface area (Å²) in [7, 11) is 0. The number of aromatic nitrogens is 1. The number of carbonyl (C=O) groups excluding carboxylic acids is 1. The minimum absolute atomic E-state index is 0.140. The molecule has 0 radical (unpaired) electrons. The van der Waals surface area contributed by atoms with Crippen molar-refractivity contribution in [3.63, 3.8) is 0 Å². The minimum atomic E-state index is -0.150. The Balaban J connectivity index is 1.81. The fourth-order valence-corrected chi connectivity index (χ4v) is 2.92. The van der Waals surface area contributed by atoms with Crippen molar-refractivity contribution in [3.8, 4) is 11.5 Å². The van der Waals surface area contributed by atoms with Crippen LogP contribution >= 0.6 is 11.6 Å². The van der Waals surface area contributed by atoms with Crippen LogP contribution in [0.2, 0.25) is 5.02 Å². The first-order chi connectivity index (χ1) is 12.6. The average Bonchev–Trinajstić information content (AvgIpc) is 3.03. The normalized spacial score (nSPS) is 10.7. The predicted octanol–water partition coefficient (Wildman–Crippen LogP) is 5.44. The Hall–Kier alpha value is -2.59. The van der Waals surface area contributed by atoms with Crippen LogP contribution in [0.4, 0.5) is 5.69 Å². The van der Waals surface area contributed by atoms with Gasteiger partial charge in [-0.2, -0.15) is 0 Å². The van der Waals surface area contributed by atoms with E-state index in [-0.39, 0.29) is 12.3 Å². The van der Waals surface area contributed by atoms with Gasteiger partial charge >= 0.3 is 0 Å². The molecule has 0 saturated heterocycles. The van der Waals surface area contributed by atoms with Gasteiger partial charge in [-0.15, -0.1) is 0 Å². The second kappa shape index (κ2) is 8.19. The Morgan fingerprint density at radius 2 is 1.92 bits per heavy atom. The first kappa shape index (κ1) is 18.2. The number of benzene rings is 2. The Morgan fingerprint density at radius 3 is 2.65 bits per heavy atom. The van der Waals surface area contributed by atoms with Crippen molar-refractivity contribution in [1.82, 2.24) is 4.98 Å². The number of halogens is 1. The van der Waals surface area contributed by atoms with Crippen molar-refractivity contribution in [1.29, 1.82) is 0 Å². The molecule has 134 valence electrons. The lowest BCUT2D eigenvalue weighted by Crippen LogP contribution is -2.15. The number of anilines is 1. The summed E-state index contributed by atoms with van der Waals surface area (Å²) in [6.07, 6.45) is 1.85. The van der Waals surface area contributed by atoms with Crippen LogP contribution < -0.4 is 5.32 Å². The number of amides is 1. The fourth-order valence-electron chi connectivity index (χ4n) is 2.74. The van der Waals surface area contributed by atoms with Gasteiger partial charge in [0, 0.05) is 16.3 Å². The largest absolute Gasteiger partial charge is 0.440 e. The summed E-state index contributed by atoms with van der Waals surface area (Å²) in [6, 6.07) is 15.2. The SMILES string of the molecule is CCCc1nc(-c2ccccc2)oc1CC(=O)Nc1cccc(Cl)c1C. The highest BCUT2D eigenvalue weighted by Gasteiger charge is 2.17. The Kier molecular flexibility index (Phi) is 5.74. The van der Waals surface area contributed by atoms with Crippen LogP contribution in [-0.4, -0.2) is 10.9 Å². The lowest BCUT2D eigenvalue weighted by Gasteiger charge is -2.09. The zero-order chi connectivity index (χ0) is 18.5. The molecule has 4 nitrogen and oxygen atoms in total.